The second kappa shape index (κ2) is 5.68. The van der Waals surface area contributed by atoms with Crippen LogP contribution in [0.1, 0.15) is 51.0 Å². The van der Waals surface area contributed by atoms with Gasteiger partial charge in [0.05, 0.1) is 0 Å². The molecule has 2 aliphatic rings. The Morgan fingerprint density at radius 1 is 1.15 bits per heavy atom. The summed E-state index contributed by atoms with van der Waals surface area (Å²) in [6.07, 6.45) is 9.01. The molecule has 0 saturated carbocycles. The lowest BCUT2D eigenvalue weighted by molar-refractivity contribution is 0.154. The minimum atomic E-state index is 0.487. The highest BCUT2D eigenvalue weighted by Gasteiger charge is 2.36. The Morgan fingerprint density at radius 3 is 2.50 bits per heavy atom. The van der Waals surface area contributed by atoms with Crippen LogP contribution >= 0.6 is 0 Å². The van der Waals surface area contributed by atoms with Gasteiger partial charge in [-0.3, -0.25) is 0 Å². The van der Waals surface area contributed by atoms with E-state index in [1.165, 1.54) is 50.2 Å². The maximum atomic E-state index is 4.56. The lowest BCUT2D eigenvalue weighted by Gasteiger charge is -2.45. The number of nitrogens with zero attached hydrogens (tertiary/aromatic N) is 3. The number of hydrogen-bond acceptors (Lipinski definition) is 4. The van der Waals surface area contributed by atoms with Gasteiger partial charge in [-0.25, -0.2) is 9.97 Å². The van der Waals surface area contributed by atoms with Gasteiger partial charge < -0.3 is 10.2 Å². The van der Waals surface area contributed by atoms with Crippen molar-refractivity contribution in [2.45, 2.75) is 45.4 Å². The van der Waals surface area contributed by atoms with Crippen LogP contribution < -0.4 is 10.2 Å². The van der Waals surface area contributed by atoms with Crippen molar-refractivity contribution in [2.24, 2.45) is 5.41 Å². The van der Waals surface area contributed by atoms with E-state index in [0.717, 1.165) is 13.1 Å². The third-order valence-electron chi connectivity index (χ3n) is 5.13. The molecule has 1 aromatic heterocycles. The van der Waals surface area contributed by atoms with Crippen LogP contribution in [0.2, 0.25) is 0 Å². The van der Waals surface area contributed by atoms with Gasteiger partial charge in [0.25, 0.3) is 0 Å². The van der Waals surface area contributed by atoms with Gasteiger partial charge in [0, 0.05) is 24.8 Å². The Labute approximate surface area is 122 Å². The molecule has 4 heteroatoms. The number of piperidine rings is 2. The number of anilines is 1. The van der Waals surface area contributed by atoms with Crippen molar-refractivity contribution in [3.05, 3.63) is 18.1 Å². The number of aromatic nitrogens is 2. The van der Waals surface area contributed by atoms with Crippen LogP contribution in [0.25, 0.3) is 0 Å². The number of rotatable bonds is 2. The molecule has 2 aliphatic heterocycles. The second-order valence-corrected chi connectivity index (χ2v) is 6.69. The number of hydrogen-bond donors (Lipinski definition) is 1. The topological polar surface area (TPSA) is 41.1 Å². The fourth-order valence-corrected chi connectivity index (χ4v) is 3.66. The molecule has 0 amide bonds. The first-order valence-electron chi connectivity index (χ1n) is 7.96. The first kappa shape index (κ1) is 13.8. The average Bonchev–Trinajstić information content (AvgIpc) is 2.49. The summed E-state index contributed by atoms with van der Waals surface area (Å²) in [7, 11) is 0. The molecule has 3 heterocycles. The van der Waals surface area contributed by atoms with Gasteiger partial charge >= 0.3 is 0 Å². The standard InChI is InChI=1S/C16H26N4/c1-13(2)14-11-18-12-19-15(14)20-9-5-16(6-10-20)3-7-17-8-4-16/h11-13,17H,3-10H2,1-2H3. The van der Waals surface area contributed by atoms with Crippen LogP contribution in [0.4, 0.5) is 5.82 Å². The fourth-order valence-electron chi connectivity index (χ4n) is 3.66. The monoisotopic (exact) mass is 274 g/mol. The summed E-state index contributed by atoms with van der Waals surface area (Å²) in [5.41, 5.74) is 1.89. The van der Waals surface area contributed by atoms with E-state index in [1.54, 1.807) is 6.33 Å². The number of nitrogens with one attached hydrogen (secondary N) is 1. The van der Waals surface area contributed by atoms with Crippen molar-refractivity contribution in [3.8, 4) is 0 Å². The van der Waals surface area contributed by atoms with Gasteiger partial charge in [-0.15, -0.1) is 0 Å². The van der Waals surface area contributed by atoms with Crippen LogP contribution in [-0.4, -0.2) is 36.1 Å². The van der Waals surface area contributed by atoms with Crippen LogP contribution in [0.15, 0.2) is 12.5 Å². The summed E-state index contributed by atoms with van der Waals surface area (Å²) >= 11 is 0. The highest BCUT2D eigenvalue weighted by Crippen LogP contribution is 2.41. The molecule has 1 spiro atoms. The van der Waals surface area contributed by atoms with Crippen molar-refractivity contribution >= 4 is 5.82 Å². The predicted molar refractivity (Wildman–Crippen MR) is 82.1 cm³/mol. The van der Waals surface area contributed by atoms with Gasteiger partial charge in [-0.05, 0) is 50.1 Å². The SMILES string of the molecule is CC(C)c1cncnc1N1CCC2(CCNCC2)CC1. The smallest absolute Gasteiger partial charge is 0.135 e. The van der Waals surface area contributed by atoms with Crippen molar-refractivity contribution in [1.82, 2.24) is 15.3 Å². The summed E-state index contributed by atoms with van der Waals surface area (Å²) in [6.45, 7) is 9.14. The van der Waals surface area contributed by atoms with Crippen LogP contribution in [0.3, 0.4) is 0 Å². The van der Waals surface area contributed by atoms with Crippen molar-refractivity contribution in [2.75, 3.05) is 31.1 Å². The van der Waals surface area contributed by atoms with E-state index in [-0.39, 0.29) is 0 Å². The Hall–Kier alpha value is -1.16. The zero-order chi connectivity index (χ0) is 14.0. The van der Waals surface area contributed by atoms with E-state index < -0.39 is 0 Å². The highest BCUT2D eigenvalue weighted by atomic mass is 15.2. The van der Waals surface area contributed by atoms with Gasteiger partial charge in [0.2, 0.25) is 0 Å². The molecule has 0 aromatic carbocycles. The van der Waals surface area contributed by atoms with Gasteiger partial charge in [-0.2, -0.15) is 0 Å². The maximum absolute atomic E-state index is 4.56. The Bertz CT molecular complexity index is 442. The van der Waals surface area contributed by atoms with Crippen molar-refractivity contribution in [3.63, 3.8) is 0 Å². The molecule has 0 aliphatic carbocycles. The van der Waals surface area contributed by atoms with Crippen molar-refractivity contribution < 1.29 is 0 Å². The maximum Gasteiger partial charge on any atom is 0.135 e. The van der Waals surface area contributed by atoms with E-state index >= 15 is 0 Å². The Balaban J connectivity index is 1.72. The highest BCUT2D eigenvalue weighted by molar-refractivity contribution is 5.47. The largest absolute Gasteiger partial charge is 0.356 e. The quantitative estimate of drug-likeness (QED) is 0.900. The fraction of sp³-hybridized carbons (Fsp3) is 0.750. The molecule has 110 valence electrons. The Morgan fingerprint density at radius 2 is 1.85 bits per heavy atom. The molecule has 0 atom stereocenters. The molecule has 20 heavy (non-hydrogen) atoms. The van der Waals surface area contributed by atoms with Gasteiger partial charge in [0.1, 0.15) is 12.1 Å². The summed E-state index contributed by atoms with van der Waals surface area (Å²) in [6, 6.07) is 0. The van der Waals surface area contributed by atoms with Crippen molar-refractivity contribution in [1.29, 1.82) is 0 Å². The lowest BCUT2D eigenvalue weighted by atomic mass is 9.71. The normalized spacial score (nSPS) is 22.4. The third kappa shape index (κ3) is 2.66. The van der Waals surface area contributed by atoms with E-state index in [1.807, 2.05) is 6.20 Å². The van der Waals surface area contributed by atoms with Gasteiger partial charge in [0.15, 0.2) is 0 Å². The average molecular weight is 274 g/mol. The van der Waals surface area contributed by atoms with Crippen LogP contribution in [-0.2, 0) is 0 Å². The molecule has 4 nitrogen and oxygen atoms in total. The molecule has 2 fully saturated rings. The predicted octanol–water partition coefficient (Wildman–Crippen LogP) is 2.57. The minimum absolute atomic E-state index is 0.487. The third-order valence-corrected chi connectivity index (χ3v) is 5.13. The molecule has 3 rings (SSSR count). The zero-order valence-electron chi connectivity index (χ0n) is 12.7. The lowest BCUT2D eigenvalue weighted by Crippen LogP contribution is -2.46. The first-order chi connectivity index (χ1) is 9.70. The second-order valence-electron chi connectivity index (χ2n) is 6.69. The molecule has 0 unspecified atom stereocenters. The first-order valence-corrected chi connectivity index (χ1v) is 7.96. The summed E-state index contributed by atoms with van der Waals surface area (Å²) in [4.78, 5) is 11.2. The van der Waals surface area contributed by atoms with E-state index in [4.69, 9.17) is 0 Å². The molecular weight excluding hydrogens is 248 g/mol. The molecule has 0 bridgehead atoms. The molecule has 1 aromatic rings. The summed E-state index contributed by atoms with van der Waals surface area (Å²) < 4.78 is 0. The minimum Gasteiger partial charge on any atom is -0.356 e. The molecule has 1 N–H and O–H groups in total. The van der Waals surface area contributed by atoms with Crippen LogP contribution in [0.5, 0.6) is 0 Å². The van der Waals surface area contributed by atoms with Gasteiger partial charge in [-0.1, -0.05) is 13.8 Å². The van der Waals surface area contributed by atoms with E-state index in [0.29, 0.717) is 11.3 Å². The summed E-state index contributed by atoms with van der Waals surface area (Å²) in [5.74, 6) is 1.65. The van der Waals surface area contributed by atoms with Crippen LogP contribution in [0, 0.1) is 5.41 Å². The zero-order valence-corrected chi connectivity index (χ0v) is 12.7. The van der Waals surface area contributed by atoms with E-state index in [9.17, 15) is 0 Å². The summed E-state index contributed by atoms with van der Waals surface area (Å²) in [5, 5.41) is 3.49. The molecule has 0 radical (unpaired) electrons. The Kier molecular flexibility index (Phi) is 3.92. The molecular formula is C16H26N4. The van der Waals surface area contributed by atoms with E-state index in [2.05, 4.69) is 34.0 Å². The molecule has 2 saturated heterocycles.